The van der Waals surface area contributed by atoms with Crippen LogP contribution in [0.5, 0.6) is 5.75 Å². The zero-order valence-corrected chi connectivity index (χ0v) is 11.3. The van der Waals surface area contributed by atoms with Crippen molar-refractivity contribution in [2.75, 3.05) is 7.11 Å². The molecule has 1 aromatic carbocycles. The Kier molecular flexibility index (Phi) is 2.87. The predicted molar refractivity (Wildman–Crippen MR) is 75.5 cm³/mol. The van der Waals surface area contributed by atoms with Gasteiger partial charge in [0.05, 0.1) is 18.2 Å². The largest absolute Gasteiger partial charge is 0.497 e. The number of ether oxygens (including phenoxy) is 1. The van der Waals surface area contributed by atoms with Gasteiger partial charge in [-0.3, -0.25) is 0 Å². The summed E-state index contributed by atoms with van der Waals surface area (Å²) < 4.78 is 7.17. The first-order chi connectivity index (χ1) is 9.20. The lowest BCUT2D eigenvalue weighted by molar-refractivity contribution is 0.415. The minimum absolute atomic E-state index is 0.473. The number of hydrogen-bond acceptors (Lipinski definition) is 3. The Morgan fingerprint density at radius 2 is 1.89 bits per heavy atom. The topological polar surface area (TPSA) is 39.9 Å². The summed E-state index contributed by atoms with van der Waals surface area (Å²) in [5.41, 5.74) is 2.95. The van der Waals surface area contributed by atoms with Gasteiger partial charge in [0.1, 0.15) is 22.9 Å². The van der Waals surface area contributed by atoms with Gasteiger partial charge in [-0.05, 0) is 35.9 Å². The van der Waals surface area contributed by atoms with Gasteiger partial charge < -0.3 is 9.30 Å². The van der Waals surface area contributed by atoms with E-state index in [1.807, 2.05) is 41.9 Å². The van der Waals surface area contributed by atoms with Gasteiger partial charge in [0, 0.05) is 7.05 Å². The van der Waals surface area contributed by atoms with Gasteiger partial charge in [-0.15, -0.1) is 0 Å². The molecule has 0 aliphatic heterocycles. The van der Waals surface area contributed by atoms with Crippen molar-refractivity contribution in [3.8, 4) is 17.0 Å². The van der Waals surface area contributed by atoms with E-state index in [1.54, 1.807) is 7.11 Å². The van der Waals surface area contributed by atoms with Crippen molar-refractivity contribution in [1.29, 1.82) is 0 Å². The van der Waals surface area contributed by atoms with Crippen molar-refractivity contribution >= 4 is 22.6 Å². The van der Waals surface area contributed by atoms with Crippen LogP contribution in [0.1, 0.15) is 0 Å². The summed E-state index contributed by atoms with van der Waals surface area (Å²) in [7, 11) is 3.62. The molecule has 3 aromatic rings. The molecular weight excluding hydrogens is 262 g/mol. The molecule has 2 aromatic heterocycles. The van der Waals surface area contributed by atoms with Gasteiger partial charge in [0.2, 0.25) is 0 Å². The molecular formula is C14H12ClN3O. The maximum absolute atomic E-state index is 6.09. The second-order valence-electron chi connectivity index (χ2n) is 4.22. The molecule has 4 nitrogen and oxygen atoms in total. The maximum Gasteiger partial charge on any atom is 0.145 e. The number of aromatic nitrogens is 3. The van der Waals surface area contributed by atoms with Crippen molar-refractivity contribution in [2.24, 2.45) is 7.05 Å². The van der Waals surface area contributed by atoms with E-state index >= 15 is 0 Å². The first-order valence-corrected chi connectivity index (χ1v) is 6.19. The Balaban J connectivity index is 2.19. The zero-order chi connectivity index (χ0) is 13.4. The van der Waals surface area contributed by atoms with Crippen molar-refractivity contribution in [1.82, 2.24) is 14.5 Å². The Labute approximate surface area is 115 Å². The summed E-state index contributed by atoms with van der Waals surface area (Å²) in [6, 6.07) is 9.88. The van der Waals surface area contributed by atoms with Crippen LogP contribution in [0.4, 0.5) is 0 Å². The van der Waals surface area contributed by atoms with E-state index in [0.29, 0.717) is 5.15 Å². The first-order valence-electron chi connectivity index (χ1n) is 5.81. The molecule has 0 aliphatic rings. The molecule has 0 radical (unpaired) electrons. The third-order valence-corrected chi connectivity index (χ3v) is 3.46. The highest BCUT2D eigenvalue weighted by molar-refractivity contribution is 6.34. The third kappa shape index (κ3) is 1.94. The lowest BCUT2D eigenvalue weighted by Crippen LogP contribution is -1.93. The molecule has 0 aliphatic carbocycles. The predicted octanol–water partition coefficient (Wildman–Crippen LogP) is 3.30. The van der Waals surface area contributed by atoms with Gasteiger partial charge in [-0.2, -0.15) is 0 Å². The number of benzene rings is 1. The molecule has 0 fully saturated rings. The third-order valence-electron chi connectivity index (χ3n) is 3.16. The average Bonchev–Trinajstić information content (AvgIpc) is 2.78. The van der Waals surface area contributed by atoms with E-state index in [0.717, 1.165) is 28.0 Å². The summed E-state index contributed by atoms with van der Waals surface area (Å²) in [4.78, 5) is 8.27. The van der Waals surface area contributed by atoms with Crippen LogP contribution < -0.4 is 4.74 Å². The van der Waals surface area contributed by atoms with E-state index in [9.17, 15) is 0 Å². The minimum atomic E-state index is 0.473. The van der Waals surface area contributed by atoms with Crippen LogP contribution in [-0.2, 0) is 7.05 Å². The van der Waals surface area contributed by atoms with Crippen LogP contribution in [0.3, 0.4) is 0 Å². The fourth-order valence-electron chi connectivity index (χ4n) is 2.14. The second kappa shape index (κ2) is 4.55. The maximum atomic E-state index is 6.09. The SMILES string of the molecule is COc1ccc(-c2cc3c(Cl)ncnc3n2C)cc1. The van der Waals surface area contributed by atoms with Crippen LogP contribution in [-0.4, -0.2) is 21.6 Å². The molecule has 0 spiro atoms. The fourth-order valence-corrected chi connectivity index (χ4v) is 2.33. The highest BCUT2D eigenvalue weighted by Crippen LogP contribution is 2.29. The normalized spacial score (nSPS) is 10.9. The molecule has 0 N–H and O–H groups in total. The van der Waals surface area contributed by atoms with Crippen molar-refractivity contribution in [3.63, 3.8) is 0 Å². The zero-order valence-electron chi connectivity index (χ0n) is 10.6. The number of nitrogens with zero attached hydrogens (tertiary/aromatic N) is 3. The van der Waals surface area contributed by atoms with Crippen LogP contribution >= 0.6 is 11.6 Å². The molecule has 0 bridgehead atoms. The highest BCUT2D eigenvalue weighted by Gasteiger charge is 2.11. The Morgan fingerprint density at radius 1 is 1.16 bits per heavy atom. The molecule has 0 atom stereocenters. The number of hydrogen-bond donors (Lipinski definition) is 0. The van der Waals surface area contributed by atoms with E-state index in [4.69, 9.17) is 16.3 Å². The highest BCUT2D eigenvalue weighted by atomic mass is 35.5. The molecule has 0 unspecified atom stereocenters. The van der Waals surface area contributed by atoms with Crippen LogP contribution in [0.25, 0.3) is 22.3 Å². The number of halogens is 1. The van der Waals surface area contributed by atoms with Crippen molar-refractivity contribution < 1.29 is 4.74 Å². The molecule has 2 heterocycles. The van der Waals surface area contributed by atoms with Crippen molar-refractivity contribution in [3.05, 3.63) is 41.8 Å². The first kappa shape index (κ1) is 12.0. The Bertz CT molecular complexity index is 734. The lowest BCUT2D eigenvalue weighted by Gasteiger charge is -2.05. The molecule has 3 rings (SSSR count). The van der Waals surface area contributed by atoms with Gasteiger partial charge >= 0.3 is 0 Å². The molecule has 19 heavy (non-hydrogen) atoms. The Morgan fingerprint density at radius 3 is 2.53 bits per heavy atom. The Hall–Kier alpha value is -2.07. The summed E-state index contributed by atoms with van der Waals surface area (Å²) in [5, 5.41) is 1.33. The quantitative estimate of drug-likeness (QED) is 0.673. The number of methoxy groups -OCH3 is 1. The van der Waals surface area contributed by atoms with Crippen molar-refractivity contribution in [2.45, 2.75) is 0 Å². The van der Waals surface area contributed by atoms with E-state index in [1.165, 1.54) is 6.33 Å². The molecule has 96 valence electrons. The van der Waals surface area contributed by atoms with Gasteiger partial charge in [0.15, 0.2) is 0 Å². The molecule has 0 saturated carbocycles. The molecule has 5 heteroatoms. The van der Waals surface area contributed by atoms with Crippen LogP contribution in [0.15, 0.2) is 36.7 Å². The summed E-state index contributed by atoms with van der Waals surface area (Å²) in [6.07, 6.45) is 1.47. The van der Waals surface area contributed by atoms with Crippen LogP contribution in [0.2, 0.25) is 5.15 Å². The summed E-state index contributed by atoms with van der Waals surface area (Å²) in [6.45, 7) is 0. The number of fused-ring (bicyclic) bond motifs is 1. The monoisotopic (exact) mass is 273 g/mol. The van der Waals surface area contributed by atoms with Gasteiger partial charge in [-0.25, -0.2) is 9.97 Å². The standard InChI is InChI=1S/C14H12ClN3O/c1-18-12(9-3-5-10(19-2)6-4-9)7-11-13(15)16-8-17-14(11)18/h3-8H,1-2H3. The van der Waals surface area contributed by atoms with E-state index in [2.05, 4.69) is 9.97 Å². The van der Waals surface area contributed by atoms with Gasteiger partial charge in [0.25, 0.3) is 0 Å². The lowest BCUT2D eigenvalue weighted by atomic mass is 10.1. The van der Waals surface area contributed by atoms with Gasteiger partial charge in [-0.1, -0.05) is 11.6 Å². The smallest absolute Gasteiger partial charge is 0.145 e. The summed E-state index contributed by atoms with van der Waals surface area (Å²) >= 11 is 6.09. The van der Waals surface area contributed by atoms with Crippen LogP contribution in [0, 0.1) is 0 Å². The molecule has 0 amide bonds. The average molecular weight is 274 g/mol. The van der Waals surface area contributed by atoms with E-state index < -0.39 is 0 Å². The molecule has 0 saturated heterocycles. The fraction of sp³-hybridized carbons (Fsp3) is 0.143. The van der Waals surface area contributed by atoms with E-state index in [-0.39, 0.29) is 0 Å². The second-order valence-corrected chi connectivity index (χ2v) is 4.58. The minimum Gasteiger partial charge on any atom is -0.497 e. The number of aryl methyl sites for hydroxylation is 1. The summed E-state index contributed by atoms with van der Waals surface area (Å²) in [5.74, 6) is 0.834. The number of rotatable bonds is 2.